The second kappa shape index (κ2) is 7.72. The van der Waals surface area contributed by atoms with Crippen molar-refractivity contribution in [2.45, 2.75) is 32.8 Å². The van der Waals surface area contributed by atoms with Gasteiger partial charge in [0.05, 0.1) is 19.0 Å². The van der Waals surface area contributed by atoms with E-state index in [4.69, 9.17) is 9.47 Å². The zero-order chi connectivity index (χ0) is 19.5. The second-order valence-corrected chi connectivity index (χ2v) is 7.22. The molecule has 1 amide bonds. The maximum absolute atomic E-state index is 12.1. The Kier molecular flexibility index (Phi) is 5.84. The Morgan fingerprint density at radius 2 is 1.96 bits per heavy atom. The summed E-state index contributed by atoms with van der Waals surface area (Å²) in [6.07, 6.45) is 3.82. The van der Waals surface area contributed by atoms with Crippen molar-refractivity contribution in [3.63, 3.8) is 0 Å². The number of methoxy groups -OCH3 is 1. The van der Waals surface area contributed by atoms with E-state index in [-0.39, 0.29) is 11.8 Å². The van der Waals surface area contributed by atoms with Crippen LogP contribution in [0.15, 0.2) is 12.3 Å². The fourth-order valence-electron chi connectivity index (χ4n) is 2.49. The maximum atomic E-state index is 12.1. The van der Waals surface area contributed by atoms with E-state index in [1.54, 1.807) is 30.1 Å². The predicted octanol–water partition coefficient (Wildman–Crippen LogP) is 2.35. The summed E-state index contributed by atoms with van der Waals surface area (Å²) in [6, 6.07) is 0. The lowest BCUT2D eigenvalue weighted by atomic mass is 10.1. The Labute approximate surface area is 153 Å². The highest BCUT2D eigenvalue weighted by molar-refractivity contribution is 5.93. The number of aromatic nitrogens is 2. The molecule has 0 fully saturated rings. The molecular weight excluding hydrogens is 336 g/mol. The van der Waals surface area contributed by atoms with Gasteiger partial charge in [0.25, 0.3) is 0 Å². The standard InChI is InChI=1S/C18H26N4O4/c1-18(2,3)26-17(24)22-9-7-12(8-10-22)13-11-19-15(21(4)5)14(20-13)16(23)25-6/h7,11H,8-10H2,1-6H3. The summed E-state index contributed by atoms with van der Waals surface area (Å²) in [5.74, 6) is -0.0813. The van der Waals surface area contributed by atoms with Crippen molar-refractivity contribution in [2.75, 3.05) is 39.2 Å². The molecule has 0 aromatic carbocycles. The summed E-state index contributed by atoms with van der Waals surface area (Å²) in [5.41, 5.74) is 1.20. The SMILES string of the molecule is COC(=O)c1nc(C2=CCN(C(=O)OC(C)(C)C)CC2)cnc1N(C)C. The molecule has 0 bridgehead atoms. The molecule has 142 valence electrons. The monoisotopic (exact) mass is 362 g/mol. The topological polar surface area (TPSA) is 84.9 Å². The van der Waals surface area contributed by atoms with Gasteiger partial charge in [0.1, 0.15) is 5.60 Å². The molecule has 0 aliphatic carbocycles. The van der Waals surface area contributed by atoms with Crippen LogP contribution >= 0.6 is 0 Å². The van der Waals surface area contributed by atoms with Gasteiger partial charge in [-0.15, -0.1) is 0 Å². The van der Waals surface area contributed by atoms with Gasteiger partial charge in [-0.05, 0) is 32.8 Å². The lowest BCUT2D eigenvalue weighted by molar-refractivity contribution is 0.0270. The predicted molar refractivity (Wildman–Crippen MR) is 98.1 cm³/mol. The van der Waals surface area contributed by atoms with Gasteiger partial charge in [0, 0.05) is 27.2 Å². The van der Waals surface area contributed by atoms with Crippen LogP contribution in [0.3, 0.4) is 0 Å². The van der Waals surface area contributed by atoms with Gasteiger partial charge in [-0.2, -0.15) is 0 Å². The van der Waals surface area contributed by atoms with Gasteiger partial charge in [-0.1, -0.05) is 6.08 Å². The Bertz CT molecular complexity index is 722. The van der Waals surface area contributed by atoms with Crippen molar-refractivity contribution >= 4 is 23.5 Å². The molecule has 26 heavy (non-hydrogen) atoms. The molecule has 0 saturated heterocycles. The first-order chi connectivity index (χ1) is 12.1. The smallest absolute Gasteiger partial charge is 0.410 e. The van der Waals surface area contributed by atoms with Crippen LogP contribution in [0.2, 0.25) is 0 Å². The minimum absolute atomic E-state index is 0.172. The van der Waals surface area contributed by atoms with E-state index < -0.39 is 11.6 Å². The third-order valence-electron chi connectivity index (χ3n) is 3.75. The van der Waals surface area contributed by atoms with Crippen LogP contribution in [-0.4, -0.2) is 66.8 Å². The lowest BCUT2D eigenvalue weighted by Gasteiger charge is -2.29. The van der Waals surface area contributed by atoms with Crippen molar-refractivity contribution in [1.29, 1.82) is 0 Å². The first kappa shape index (κ1) is 19.7. The average molecular weight is 362 g/mol. The average Bonchev–Trinajstić information content (AvgIpc) is 2.59. The molecule has 0 saturated carbocycles. The molecule has 0 N–H and O–H groups in total. The van der Waals surface area contributed by atoms with E-state index in [9.17, 15) is 9.59 Å². The number of hydrogen-bond donors (Lipinski definition) is 0. The van der Waals surface area contributed by atoms with Crippen molar-refractivity contribution < 1.29 is 19.1 Å². The van der Waals surface area contributed by atoms with Gasteiger partial charge >= 0.3 is 12.1 Å². The minimum atomic E-state index is -0.533. The molecule has 1 aromatic rings. The van der Waals surface area contributed by atoms with Crippen LogP contribution in [0, 0.1) is 0 Å². The summed E-state index contributed by atoms with van der Waals surface area (Å²) in [6.45, 7) is 6.46. The molecule has 8 nitrogen and oxygen atoms in total. The van der Waals surface area contributed by atoms with Gasteiger partial charge in [-0.25, -0.2) is 19.6 Å². The van der Waals surface area contributed by atoms with Crippen molar-refractivity contribution in [3.8, 4) is 0 Å². The summed E-state index contributed by atoms with van der Waals surface area (Å²) in [4.78, 5) is 36.3. The Morgan fingerprint density at radius 1 is 1.27 bits per heavy atom. The molecule has 8 heteroatoms. The number of carbonyl (C=O) groups excluding carboxylic acids is 2. The fourth-order valence-corrected chi connectivity index (χ4v) is 2.49. The molecule has 0 spiro atoms. The normalized spacial score (nSPS) is 14.5. The van der Waals surface area contributed by atoms with Gasteiger partial charge < -0.3 is 19.3 Å². The number of rotatable bonds is 3. The lowest BCUT2D eigenvalue weighted by Crippen LogP contribution is -2.39. The first-order valence-corrected chi connectivity index (χ1v) is 8.42. The number of esters is 1. The largest absolute Gasteiger partial charge is 0.464 e. The van der Waals surface area contributed by atoms with Crippen LogP contribution in [0.5, 0.6) is 0 Å². The fraction of sp³-hybridized carbons (Fsp3) is 0.556. The number of nitrogens with zero attached hydrogens (tertiary/aromatic N) is 4. The molecule has 1 aliphatic heterocycles. The van der Waals surface area contributed by atoms with E-state index >= 15 is 0 Å². The molecule has 0 atom stereocenters. The zero-order valence-electron chi connectivity index (χ0n) is 16.2. The first-order valence-electron chi connectivity index (χ1n) is 8.42. The molecule has 2 rings (SSSR count). The van der Waals surface area contributed by atoms with Crippen molar-refractivity contribution in [3.05, 3.63) is 23.7 Å². The van der Waals surface area contributed by atoms with E-state index in [0.717, 1.165) is 5.57 Å². The Hall–Kier alpha value is -2.64. The van der Waals surface area contributed by atoms with Crippen LogP contribution < -0.4 is 4.90 Å². The number of ether oxygens (including phenoxy) is 2. The molecule has 1 aromatic heterocycles. The Balaban J connectivity index is 2.20. The number of amides is 1. The number of carbonyl (C=O) groups is 2. The highest BCUT2D eigenvalue weighted by Crippen LogP contribution is 2.24. The van der Waals surface area contributed by atoms with Crippen LogP contribution in [-0.2, 0) is 9.47 Å². The van der Waals surface area contributed by atoms with Crippen molar-refractivity contribution in [2.24, 2.45) is 0 Å². The number of anilines is 1. The highest BCUT2D eigenvalue weighted by atomic mass is 16.6. The Morgan fingerprint density at radius 3 is 2.46 bits per heavy atom. The van der Waals surface area contributed by atoms with Gasteiger partial charge in [-0.3, -0.25) is 0 Å². The summed E-state index contributed by atoms with van der Waals surface area (Å²) < 4.78 is 10.2. The maximum Gasteiger partial charge on any atom is 0.410 e. The molecule has 2 heterocycles. The summed E-state index contributed by atoms with van der Waals surface area (Å²) >= 11 is 0. The van der Waals surface area contributed by atoms with E-state index in [2.05, 4.69) is 9.97 Å². The minimum Gasteiger partial charge on any atom is -0.464 e. The molecular formula is C18H26N4O4. The third kappa shape index (κ3) is 4.71. The third-order valence-corrected chi connectivity index (χ3v) is 3.75. The highest BCUT2D eigenvalue weighted by Gasteiger charge is 2.25. The van der Waals surface area contributed by atoms with Crippen LogP contribution in [0.25, 0.3) is 5.57 Å². The molecule has 1 aliphatic rings. The van der Waals surface area contributed by atoms with Crippen LogP contribution in [0.4, 0.5) is 10.6 Å². The summed E-state index contributed by atoms with van der Waals surface area (Å²) in [5, 5.41) is 0. The van der Waals surface area contributed by atoms with E-state index in [1.165, 1.54) is 7.11 Å². The molecule has 0 radical (unpaired) electrons. The van der Waals surface area contributed by atoms with Gasteiger partial charge in [0.2, 0.25) is 0 Å². The second-order valence-electron chi connectivity index (χ2n) is 7.22. The van der Waals surface area contributed by atoms with Crippen molar-refractivity contribution in [1.82, 2.24) is 14.9 Å². The van der Waals surface area contributed by atoms with Crippen LogP contribution in [0.1, 0.15) is 43.4 Å². The summed E-state index contributed by atoms with van der Waals surface area (Å²) in [7, 11) is 4.89. The van der Waals surface area contributed by atoms with E-state index in [1.807, 2.05) is 26.8 Å². The number of hydrogen-bond acceptors (Lipinski definition) is 7. The zero-order valence-corrected chi connectivity index (χ0v) is 16.2. The van der Waals surface area contributed by atoms with Gasteiger partial charge in [0.15, 0.2) is 11.5 Å². The van der Waals surface area contributed by atoms with E-state index in [0.29, 0.717) is 31.0 Å². The quantitative estimate of drug-likeness (QED) is 0.763. The molecule has 0 unspecified atom stereocenters.